The molecule has 0 aromatic rings. The van der Waals surface area contributed by atoms with Crippen molar-refractivity contribution in [3.63, 3.8) is 0 Å². The van der Waals surface area contributed by atoms with E-state index in [9.17, 15) is 0 Å². The number of hydrogen-bond acceptors (Lipinski definition) is 0. The van der Waals surface area contributed by atoms with Crippen molar-refractivity contribution in [3.05, 3.63) is 0 Å². The molecule has 0 aliphatic rings. The van der Waals surface area contributed by atoms with Crippen molar-refractivity contribution in [2.45, 2.75) is 0 Å². The van der Waals surface area contributed by atoms with Crippen LogP contribution in [0, 0.1) is 11.8 Å². The molecule has 0 fully saturated rings. The summed E-state index contributed by atoms with van der Waals surface area (Å²) in [6.45, 7) is 0. The Morgan fingerprint density at radius 1 is 1.75 bits per heavy atom. The summed E-state index contributed by atoms with van der Waals surface area (Å²) in [6, 6.07) is 0. The number of rotatable bonds is 0. The molecule has 0 unspecified atom stereocenters. The van der Waals surface area contributed by atoms with Crippen LogP contribution in [0.3, 0.4) is 0 Å². The predicted molar refractivity (Wildman–Crippen MR) is 14.7 cm³/mol. The largest absolute Gasteiger partial charge is 0.103 e. The first-order valence-corrected chi connectivity index (χ1v) is 0.856. The van der Waals surface area contributed by atoms with Gasteiger partial charge in [-0.3, -0.25) is 0 Å². The molecule has 0 nitrogen and oxygen atoms in total. The van der Waals surface area contributed by atoms with Crippen LogP contribution in [0.5, 0.6) is 0 Å². The zero-order valence-corrected chi connectivity index (χ0v) is 5.89. The summed E-state index contributed by atoms with van der Waals surface area (Å²) in [6.07, 6.45) is 4.36. The molecule has 0 aromatic carbocycles. The summed E-state index contributed by atoms with van der Waals surface area (Å²) in [5, 5.41) is 1.72. The first-order valence-electron chi connectivity index (χ1n) is 0.478. The molecule has 4 heavy (non-hydrogen) atoms. The van der Waals surface area contributed by atoms with Crippen LogP contribution in [0.4, 0.5) is 0 Å². The van der Waals surface area contributed by atoms with Gasteiger partial charge < -0.3 is 0 Å². The van der Waals surface area contributed by atoms with Gasteiger partial charge in [0.05, 0.1) is 0 Å². The summed E-state index contributed by atoms with van der Waals surface area (Å²) < 4.78 is 0. The van der Waals surface area contributed by atoms with E-state index in [0.29, 0.717) is 0 Å². The summed E-state index contributed by atoms with van der Waals surface area (Å²) in [7, 11) is 0. The normalized spacial score (nSPS) is 2.00. The predicted octanol–water partition coefficient (Wildman–Crippen LogP) is 0.813. The first kappa shape index (κ1) is 8.82. The van der Waals surface area contributed by atoms with Gasteiger partial charge in [-0.05, 0) is 11.6 Å². The van der Waals surface area contributed by atoms with Crippen molar-refractivity contribution in [2.75, 3.05) is 0 Å². The molecule has 18 valence electrons. The van der Waals surface area contributed by atoms with Crippen LogP contribution in [0.25, 0.3) is 0 Å². The third-order valence-electron chi connectivity index (χ3n) is 0. The Hall–Kier alpha value is 0.473. The van der Waals surface area contributed by atoms with Crippen molar-refractivity contribution in [3.8, 4) is 11.8 Å². The minimum absolute atomic E-state index is 0. The van der Waals surface area contributed by atoms with Gasteiger partial charge in [-0.2, -0.15) is 0 Å². The molecule has 0 aromatic heterocycles. The second-order valence-corrected chi connectivity index (χ2v) is 0.327. The third-order valence-corrected chi connectivity index (χ3v) is 0. The SMILES string of the molecule is C#CCl.[Zn]. The van der Waals surface area contributed by atoms with E-state index in [1.807, 2.05) is 0 Å². The molecular weight excluding hydrogens is 125 g/mol. The molecule has 0 amide bonds. The summed E-state index contributed by atoms with van der Waals surface area (Å²) in [4.78, 5) is 0. The third kappa shape index (κ3) is 24.0. The molecule has 0 aliphatic carbocycles. The molecule has 0 saturated carbocycles. The Balaban J connectivity index is 0. The van der Waals surface area contributed by atoms with Gasteiger partial charge in [0.25, 0.3) is 0 Å². The van der Waals surface area contributed by atoms with Crippen molar-refractivity contribution in [1.29, 1.82) is 0 Å². The van der Waals surface area contributed by atoms with Gasteiger partial charge >= 0.3 is 0 Å². The molecule has 0 heterocycles. The Bertz CT molecular complexity index is 27.5. The second kappa shape index (κ2) is 9.79. The summed E-state index contributed by atoms with van der Waals surface area (Å²) in [5.74, 6) is 0. The molecule has 0 aliphatic heterocycles. The van der Waals surface area contributed by atoms with E-state index in [1.54, 1.807) is 5.38 Å². The van der Waals surface area contributed by atoms with Crippen molar-refractivity contribution in [1.82, 2.24) is 0 Å². The van der Waals surface area contributed by atoms with E-state index >= 15 is 0 Å². The minimum Gasteiger partial charge on any atom is -0.103 e. The standard InChI is InChI=1S/C2HCl.Zn/c1-2-3;/h1H;. The average molecular weight is 126 g/mol. The van der Waals surface area contributed by atoms with E-state index in [1.165, 1.54) is 0 Å². The topological polar surface area (TPSA) is 0 Å². The van der Waals surface area contributed by atoms with Crippen LogP contribution >= 0.6 is 11.6 Å². The van der Waals surface area contributed by atoms with Crippen LogP contribution in [0.15, 0.2) is 0 Å². The van der Waals surface area contributed by atoms with E-state index in [0.717, 1.165) is 0 Å². The van der Waals surface area contributed by atoms with Gasteiger partial charge in [0.2, 0.25) is 0 Å². The van der Waals surface area contributed by atoms with Crippen LogP contribution in [0.1, 0.15) is 0 Å². The molecule has 2 heteroatoms. The maximum absolute atomic E-state index is 4.53. The molecule has 0 radical (unpaired) electrons. The molecule has 0 bridgehead atoms. The minimum atomic E-state index is 0. The van der Waals surface area contributed by atoms with E-state index in [-0.39, 0.29) is 19.5 Å². The van der Waals surface area contributed by atoms with Crippen molar-refractivity contribution in [2.24, 2.45) is 0 Å². The van der Waals surface area contributed by atoms with E-state index < -0.39 is 0 Å². The molecule has 0 N–H and O–H groups in total. The fourth-order valence-corrected chi connectivity index (χ4v) is 0. The summed E-state index contributed by atoms with van der Waals surface area (Å²) in [5.41, 5.74) is 0. The first-order chi connectivity index (χ1) is 1.41. The molecule has 0 saturated heterocycles. The smallest absolute Gasteiger partial charge is 0.000627 e. The quantitative estimate of drug-likeness (QED) is 0.332. The Labute approximate surface area is 43.3 Å². The maximum atomic E-state index is 4.53. The Morgan fingerprint density at radius 2 is 1.75 bits per heavy atom. The van der Waals surface area contributed by atoms with E-state index in [2.05, 4.69) is 18.0 Å². The van der Waals surface area contributed by atoms with Gasteiger partial charge in [-0.25, -0.2) is 0 Å². The number of hydrogen-bond donors (Lipinski definition) is 0. The van der Waals surface area contributed by atoms with Gasteiger partial charge in [-0.1, -0.05) is 0 Å². The number of terminal acetylenes is 1. The zero-order valence-electron chi connectivity index (χ0n) is 2.16. The van der Waals surface area contributed by atoms with Crippen LogP contribution in [-0.4, -0.2) is 0 Å². The molecule has 0 rings (SSSR count). The zero-order chi connectivity index (χ0) is 2.71. The Morgan fingerprint density at radius 3 is 1.75 bits per heavy atom. The maximum Gasteiger partial charge on any atom is 0.000627 e. The van der Waals surface area contributed by atoms with Crippen molar-refractivity contribution >= 4 is 11.6 Å². The average Bonchev–Trinajstić information content (AvgIpc) is 0.918. The van der Waals surface area contributed by atoms with Gasteiger partial charge in [0, 0.05) is 24.9 Å². The van der Waals surface area contributed by atoms with Gasteiger partial charge in [0.1, 0.15) is 0 Å². The fraction of sp³-hybridized carbons (Fsp3) is 0. The number of halogens is 1. The van der Waals surface area contributed by atoms with Crippen molar-refractivity contribution < 1.29 is 19.5 Å². The van der Waals surface area contributed by atoms with Crippen LogP contribution < -0.4 is 0 Å². The molecule has 0 spiro atoms. The monoisotopic (exact) mass is 124 g/mol. The fourth-order valence-electron chi connectivity index (χ4n) is 0. The van der Waals surface area contributed by atoms with E-state index in [4.69, 9.17) is 0 Å². The van der Waals surface area contributed by atoms with Gasteiger partial charge in [0.15, 0.2) is 0 Å². The second-order valence-electron chi connectivity index (χ2n) is 0.109. The van der Waals surface area contributed by atoms with Crippen LogP contribution in [-0.2, 0) is 19.5 Å². The summed E-state index contributed by atoms with van der Waals surface area (Å²) >= 11 is 4.53. The molecular formula is C2HClZn. The Kier molecular flexibility index (Phi) is 21.6. The van der Waals surface area contributed by atoms with Crippen LogP contribution in [0.2, 0.25) is 0 Å². The van der Waals surface area contributed by atoms with Gasteiger partial charge in [-0.15, -0.1) is 6.42 Å². The molecule has 0 atom stereocenters.